The molecular formula is C22H22N4O2S. The molecule has 0 unspecified atom stereocenters. The Morgan fingerprint density at radius 3 is 2.52 bits per heavy atom. The molecule has 1 aliphatic heterocycles. The van der Waals surface area contributed by atoms with Crippen LogP contribution in [0.4, 0.5) is 0 Å². The summed E-state index contributed by atoms with van der Waals surface area (Å²) in [6.07, 6.45) is 3.78. The van der Waals surface area contributed by atoms with E-state index in [1.165, 1.54) is 0 Å². The summed E-state index contributed by atoms with van der Waals surface area (Å²) in [7, 11) is 0. The number of carboxylic acids is 1. The number of carboxylic acid groups (broad SMARTS) is 1. The minimum atomic E-state index is -0.934. The summed E-state index contributed by atoms with van der Waals surface area (Å²) in [5.41, 5.74) is 3.15. The number of hydrogen-bond acceptors (Lipinski definition) is 3. The second-order valence-corrected chi connectivity index (χ2v) is 7.67. The van der Waals surface area contributed by atoms with E-state index in [0.29, 0.717) is 5.11 Å². The number of nitrogens with one attached hydrogen (secondary N) is 1. The van der Waals surface area contributed by atoms with Crippen LogP contribution in [0.5, 0.6) is 0 Å². The van der Waals surface area contributed by atoms with E-state index in [-0.39, 0.29) is 23.7 Å². The van der Waals surface area contributed by atoms with E-state index >= 15 is 0 Å². The molecule has 6 nitrogen and oxygen atoms in total. The lowest BCUT2D eigenvalue weighted by Crippen LogP contribution is -2.36. The minimum Gasteiger partial charge on any atom is -0.478 e. The van der Waals surface area contributed by atoms with Crippen LogP contribution in [-0.2, 0) is 0 Å². The molecule has 1 aliphatic rings. The van der Waals surface area contributed by atoms with Gasteiger partial charge in [0.15, 0.2) is 5.11 Å². The van der Waals surface area contributed by atoms with Gasteiger partial charge in [-0.05, 0) is 74.6 Å². The van der Waals surface area contributed by atoms with Gasteiger partial charge in [-0.2, -0.15) is 0 Å². The third-order valence-corrected chi connectivity index (χ3v) is 5.50. The molecule has 1 saturated heterocycles. The minimum absolute atomic E-state index is 0.0495. The van der Waals surface area contributed by atoms with Gasteiger partial charge in [-0.3, -0.25) is 4.98 Å². The highest BCUT2D eigenvalue weighted by Crippen LogP contribution is 2.40. The monoisotopic (exact) mass is 406 g/mol. The van der Waals surface area contributed by atoms with Crippen LogP contribution in [0.15, 0.2) is 67.0 Å². The summed E-state index contributed by atoms with van der Waals surface area (Å²) >= 11 is 5.66. The first-order chi connectivity index (χ1) is 14.0. The summed E-state index contributed by atoms with van der Waals surface area (Å²) in [5.74, 6) is -0.934. The van der Waals surface area contributed by atoms with Gasteiger partial charge >= 0.3 is 5.97 Å². The number of benzene rings is 1. The molecule has 3 aromatic rings. The number of rotatable bonds is 5. The van der Waals surface area contributed by atoms with Gasteiger partial charge in [0, 0.05) is 29.8 Å². The summed E-state index contributed by atoms with van der Waals surface area (Å²) in [4.78, 5) is 17.9. The fraction of sp³-hybridized carbons (Fsp3) is 0.227. The van der Waals surface area contributed by atoms with Crippen LogP contribution >= 0.6 is 12.2 Å². The lowest BCUT2D eigenvalue weighted by Gasteiger charge is -2.31. The smallest absolute Gasteiger partial charge is 0.335 e. The molecule has 3 heterocycles. The molecule has 0 spiro atoms. The van der Waals surface area contributed by atoms with Crippen molar-refractivity contribution in [3.63, 3.8) is 0 Å². The van der Waals surface area contributed by atoms with E-state index in [1.807, 2.05) is 42.6 Å². The molecule has 0 amide bonds. The second-order valence-electron chi connectivity index (χ2n) is 7.28. The normalized spacial score (nSPS) is 18.9. The zero-order valence-electron chi connectivity index (χ0n) is 16.2. The fourth-order valence-corrected chi connectivity index (χ4v) is 4.32. The summed E-state index contributed by atoms with van der Waals surface area (Å²) in [6, 6.07) is 16.9. The van der Waals surface area contributed by atoms with Crippen LogP contribution in [0.25, 0.3) is 5.69 Å². The number of aromatic carboxylic acids is 1. The topological polar surface area (TPSA) is 70.4 Å². The first-order valence-electron chi connectivity index (χ1n) is 9.48. The van der Waals surface area contributed by atoms with Gasteiger partial charge in [-0.15, -0.1) is 0 Å². The Bertz CT molecular complexity index is 1030. The molecule has 1 aromatic carbocycles. The fourth-order valence-electron chi connectivity index (χ4n) is 3.87. The van der Waals surface area contributed by atoms with Crippen LogP contribution in [0.1, 0.15) is 47.7 Å². The quantitative estimate of drug-likeness (QED) is 0.625. The lowest BCUT2D eigenvalue weighted by atomic mass is 10.0. The Morgan fingerprint density at radius 1 is 1.14 bits per heavy atom. The Kier molecular flexibility index (Phi) is 5.07. The van der Waals surface area contributed by atoms with Gasteiger partial charge in [-0.1, -0.05) is 6.07 Å². The average Bonchev–Trinajstić information content (AvgIpc) is 3.32. The molecule has 7 heteroatoms. The predicted octanol–water partition coefficient (Wildman–Crippen LogP) is 3.95. The van der Waals surface area contributed by atoms with Crippen LogP contribution in [-0.4, -0.2) is 36.7 Å². The van der Waals surface area contributed by atoms with E-state index in [2.05, 4.69) is 39.7 Å². The summed E-state index contributed by atoms with van der Waals surface area (Å²) in [5, 5.41) is 13.3. The molecule has 1 fully saturated rings. The molecule has 2 aromatic heterocycles. The van der Waals surface area contributed by atoms with Gasteiger partial charge in [0.05, 0.1) is 23.3 Å². The molecule has 29 heavy (non-hydrogen) atoms. The van der Waals surface area contributed by atoms with Crippen LogP contribution in [0.3, 0.4) is 0 Å². The third kappa shape index (κ3) is 3.49. The highest BCUT2D eigenvalue weighted by Gasteiger charge is 2.42. The van der Waals surface area contributed by atoms with Gasteiger partial charge in [0.2, 0.25) is 0 Å². The standard InChI is InChI=1S/C22H22N4O2S/c1-14(2)26-20(19(24-22(26)29)17-6-3-4-12-23-17)18-7-5-13-25(18)16-10-8-15(9-11-16)21(27)28/h3-14,19-20H,1-2H3,(H,24,29)(H,27,28)/t19-,20+/m0/s1. The van der Waals surface area contributed by atoms with Crippen molar-refractivity contribution in [2.45, 2.75) is 32.0 Å². The van der Waals surface area contributed by atoms with E-state index < -0.39 is 5.97 Å². The molecule has 2 N–H and O–H groups in total. The van der Waals surface area contributed by atoms with Gasteiger partial charge in [0.1, 0.15) is 0 Å². The van der Waals surface area contributed by atoms with Crippen molar-refractivity contribution in [3.8, 4) is 5.69 Å². The largest absolute Gasteiger partial charge is 0.478 e. The molecule has 2 atom stereocenters. The van der Waals surface area contributed by atoms with Crippen LogP contribution < -0.4 is 5.32 Å². The lowest BCUT2D eigenvalue weighted by molar-refractivity contribution is 0.0697. The van der Waals surface area contributed by atoms with Crippen molar-refractivity contribution >= 4 is 23.3 Å². The van der Waals surface area contributed by atoms with Crippen molar-refractivity contribution in [1.82, 2.24) is 19.8 Å². The Labute approximate surface area is 174 Å². The predicted molar refractivity (Wildman–Crippen MR) is 115 cm³/mol. The van der Waals surface area contributed by atoms with Crippen molar-refractivity contribution in [2.75, 3.05) is 0 Å². The van der Waals surface area contributed by atoms with E-state index in [9.17, 15) is 9.90 Å². The van der Waals surface area contributed by atoms with Crippen molar-refractivity contribution in [1.29, 1.82) is 0 Å². The highest BCUT2D eigenvalue weighted by molar-refractivity contribution is 7.80. The SMILES string of the molecule is CC(C)N1C(=S)N[C@@H](c2ccccn2)[C@H]1c1cccn1-c1ccc(C(=O)O)cc1. The van der Waals surface area contributed by atoms with Crippen LogP contribution in [0.2, 0.25) is 0 Å². The Morgan fingerprint density at radius 2 is 1.90 bits per heavy atom. The van der Waals surface area contributed by atoms with Gasteiger partial charge in [-0.25, -0.2) is 4.79 Å². The number of aromatic nitrogens is 2. The van der Waals surface area contributed by atoms with E-state index in [1.54, 1.807) is 18.3 Å². The number of pyridine rings is 1. The van der Waals surface area contributed by atoms with Gasteiger partial charge in [0.25, 0.3) is 0 Å². The molecule has 4 rings (SSSR count). The molecule has 0 saturated carbocycles. The maximum atomic E-state index is 11.2. The number of carbonyl (C=O) groups is 1. The van der Waals surface area contributed by atoms with E-state index in [0.717, 1.165) is 17.1 Å². The Hall–Kier alpha value is -3.19. The summed E-state index contributed by atoms with van der Waals surface area (Å²) in [6.45, 7) is 4.24. The molecule has 0 bridgehead atoms. The number of hydrogen-bond donors (Lipinski definition) is 2. The highest BCUT2D eigenvalue weighted by atomic mass is 32.1. The zero-order valence-corrected chi connectivity index (χ0v) is 17.0. The van der Waals surface area contributed by atoms with Crippen molar-refractivity contribution in [3.05, 3.63) is 83.9 Å². The average molecular weight is 407 g/mol. The Balaban J connectivity index is 1.80. The molecule has 0 aliphatic carbocycles. The first-order valence-corrected chi connectivity index (χ1v) is 9.89. The zero-order chi connectivity index (χ0) is 20.5. The number of nitrogens with zero attached hydrogens (tertiary/aromatic N) is 3. The van der Waals surface area contributed by atoms with Crippen LogP contribution in [0, 0.1) is 0 Å². The maximum Gasteiger partial charge on any atom is 0.335 e. The summed E-state index contributed by atoms with van der Waals surface area (Å²) < 4.78 is 2.08. The third-order valence-electron chi connectivity index (χ3n) is 5.17. The molecule has 148 valence electrons. The van der Waals surface area contributed by atoms with E-state index in [4.69, 9.17) is 12.2 Å². The molecular weight excluding hydrogens is 384 g/mol. The van der Waals surface area contributed by atoms with Crippen molar-refractivity contribution in [2.24, 2.45) is 0 Å². The van der Waals surface area contributed by atoms with Crippen molar-refractivity contribution < 1.29 is 9.90 Å². The maximum absolute atomic E-state index is 11.2. The molecule has 0 radical (unpaired) electrons. The van der Waals surface area contributed by atoms with Gasteiger partial charge < -0.3 is 19.9 Å². The second kappa shape index (κ2) is 7.67. The number of thiocarbonyl (C=S) groups is 1. The first kappa shape index (κ1) is 19.1.